The van der Waals surface area contributed by atoms with E-state index in [0.717, 1.165) is 9.75 Å². The predicted molar refractivity (Wildman–Crippen MR) is 74.6 cm³/mol. The molecular formula is C14H19NO3S. The summed E-state index contributed by atoms with van der Waals surface area (Å²) in [4.78, 5) is 27.5. The molecule has 2 rings (SSSR count). The number of ether oxygens (including phenoxy) is 1. The van der Waals surface area contributed by atoms with E-state index < -0.39 is 0 Å². The van der Waals surface area contributed by atoms with Crippen molar-refractivity contribution < 1.29 is 14.3 Å². The number of hydrogen-bond acceptors (Lipinski definition) is 4. The predicted octanol–water partition coefficient (Wildman–Crippen LogP) is 2.27. The van der Waals surface area contributed by atoms with E-state index in [1.807, 2.05) is 24.0 Å². The highest BCUT2D eigenvalue weighted by atomic mass is 32.1. The van der Waals surface area contributed by atoms with Crippen molar-refractivity contribution in [2.45, 2.75) is 26.2 Å². The van der Waals surface area contributed by atoms with Crippen LogP contribution in [0.3, 0.4) is 0 Å². The van der Waals surface area contributed by atoms with Crippen LogP contribution < -0.4 is 0 Å². The van der Waals surface area contributed by atoms with E-state index in [2.05, 4.69) is 0 Å². The lowest BCUT2D eigenvalue weighted by molar-refractivity contribution is -0.135. The molecule has 2 heterocycles. The van der Waals surface area contributed by atoms with Crippen LogP contribution in [0.2, 0.25) is 0 Å². The van der Waals surface area contributed by atoms with Crippen molar-refractivity contribution in [3.63, 3.8) is 0 Å². The van der Waals surface area contributed by atoms with Crippen molar-refractivity contribution in [1.82, 2.24) is 4.90 Å². The number of carbonyl (C=O) groups excluding carboxylic acids is 2. The molecule has 5 heteroatoms. The second kappa shape index (κ2) is 6.82. The molecule has 0 spiro atoms. The standard InChI is InChI=1S/C14H19NO3S/c1-11-5-6-13(19-11)12(16)3-2-4-14(17)15-7-9-18-10-8-15/h5-6H,2-4,7-10H2,1H3. The third-order valence-corrected chi connectivity index (χ3v) is 4.22. The Morgan fingerprint density at radius 2 is 2.00 bits per heavy atom. The molecule has 0 unspecified atom stereocenters. The minimum atomic E-state index is 0.137. The monoisotopic (exact) mass is 281 g/mol. The van der Waals surface area contributed by atoms with Gasteiger partial charge >= 0.3 is 0 Å². The molecule has 0 N–H and O–H groups in total. The summed E-state index contributed by atoms with van der Waals surface area (Å²) in [7, 11) is 0. The van der Waals surface area contributed by atoms with Gasteiger partial charge in [0.15, 0.2) is 5.78 Å². The molecule has 1 amide bonds. The number of nitrogens with zero attached hydrogens (tertiary/aromatic N) is 1. The molecule has 1 aliphatic heterocycles. The molecule has 1 saturated heterocycles. The molecule has 1 fully saturated rings. The third kappa shape index (κ3) is 4.14. The summed E-state index contributed by atoms with van der Waals surface area (Å²) in [5.41, 5.74) is 0. The quantitative estimate of drug-likeness (QED) is 0.778. The first-order valence-electron chi connectivity index (χ1n) is 6.62. The van der Waals surface area contributed by atoms with E-state index in [-0.39, 0.29) is 11.7 Å². The molecular weight excluding hydrogens is 262 g/mol. The van der Waals surface area contributed by atoms with Crippen molar-refractivity contribution in [3.8, 4) is 0 Å². The number of hydrogen-bond donors (Lipinski definition) is 0. The van der Waals surface area contributed by atoms with Crippen LogP contribution in [0.25, 0.3) is 0 Å². The number of ketones is 1. The first kappa shape index (κ1) is 14.2. The molecule has 1 aliphatic rings. The zero-order valence-electron chi connectivity index (χ0n) is 11.2. The maximum absolute atomic E-state index is 11.9. The average molecular weight is 281 g/mol. The van der Waals surface area contributed by atoms with Gasteiger partial charge in [-0.25, -0.2) is 0 Å². The van der Waals surface area contributed by atoms with Crippen LogP contribution in [0.4, 0.5) is 0 Å². The van der Waals surface area contributed by atoms with Gasteiger partial charge in [-0.05, 0) is 25.5 Å². The Balaban J connectivity index is 1.71. The molecule has 0 atom stereocenters. The maximum Gasteiger partial charge on any atom is 0.222 e. The number of Topliss-reactive ketones (excluding diaryl/α,β-unsaturated/α-hetero) is 1. The van der Waals surface area contributed by atoms with E-state index >= 15 is 0 Å². The third-order valence-electron chi connectivity index (χ3n) is 3.17. The smallest absolute Gasteiger partial charge is 0.222 e. The number of thiophene rings is 1. The van der Waals surface area contributed by atoms with Gasteiger partial charge in [-0.3, -0.25) is 9.59 Å². The fraction of sp³-hybridized carbons (Fsp3) is 0.571. The lowest BCUT2D eigenvalue weighted by Crippen LogP contribution is -2.40. The highest BCUT2D eigenvalue weighted by Crippen LogP contribution is 2.18. The molecule has 0 aromatic carbocycles. The fourth-order valence-corrected chi connectivity index (χ4v) is 2.91. The highest BCUT2D eigenvalue weighted by Gasteiger charge is 2.17. The van der Waals surface area contributed by atoms with E-state index in [9.17, 15) is 9.59 Å². The number of carbonyl (C=O) groups is 2. The molecule has 0 aliphatic carbocycles. The summed E-state index contributed by atoms with van der Waals surface area (Å²) < 4.78 is 5.21. The number of rotatable bonds is 5. The van der Waals surface area contributed by atoms with Gasteiger partial charge in [0.25, 0.3) is 0 Å². The normalized spacial score (nSPS) is 15.5. The van der Waals surface area contributed by atoms with Crippen LogP contribution in [0.5, 0.6) is 0 Å². The van der Waals surface area contributed by atoms with Crippen molar-refractivity contribution in [3.05, 3.63) is 21.9 Å². The summed E-state index contributed by atoms with van der Waals surface area (Å²) in [6, 6.07) is 3.82. The van der Waals surface area contributed by atoms with Crippen molar-refractivity contribution in [2.75, 3.05) is 26.3 Å². The summed E-state index contributed by atoms with van der Waals surface area (Å²) in [6.45, 7) is 4.59. The zero-order chi connectivity index (χ0) is 13.7. The summed E-state index contributed by atoms with van der Waals surface area (Å²) in [5.74, 6) is 0.284. The summed E-state index contributed by atoms with van der Waals surface area (Å²) >= 11 is 1.52. The Labute approximate surface area is 117 Å². The van der Waals surface area contributed by atoms with Gasteiger partial charge in [-0.15, -0.1) is 11.3 Å². The SMILES string of the molecule is Cc1ccc(C(=O)CCCC(=O)N2CCOCC2)s1. The second-order valence-corrected chi connectivity index (χ2v) is 5.97. The summed E-state index contributed by atoms with van der Waals surface area (Å²) in [6.07, 6.45) is 1.54. The molecule has 1 aromatic heterocycles. The van der Waals surface area contributed by atoms with Crippen LogP contribution in [-0.2, 0) is 9.53 Å². The van der Waals surface area contributed by atoms with Crippen LogP contribution >= 0.6 is 11.3 Å². The Morgan fingerprint density at radius 1 is 1.26 bits per heavy atom. The molecule has 1 aromatic rings. The number of aryl methyl sites for hydroxylation is 1. The molecule has 19 heavy (non-hydrogen) atoms. The first-order valence-corrected chi connectivity index (χ1v) is 7.43. The van der Waals surface area contributed by atoms with Gasteiger partial charge in [0.1, 0.15) is 0 Å². The lowest BCUT2D eigenvalue weighted by atomic mass is 10.1. The van der Waals surface area contributed by atoms with Crippen LogP contribution in [-0.4, -0.2) is 42.9 Å². The average Bonchev–Trinajstić information content (AvgIpc) is 2.86. The van der Waals surface area contributed by atoms with E-state index in [0.29, 0.717) is 45.6 Å². The highest BCUT2D eigenvalue weighted by molar-refractivity contribution is 7.14. The first-order chi connectivity index (χ1) is 9.16. The van der Waals surface area contributed by atoms with Crippen LogP contribution in [0.1, 0.15) is 33.8 Å². The van der Waals surface area contributed by atoms with Gasteiger partial charge < -0.3 is 9.64 Å². The number of amides is 1. The number of morpholine rings is 1. The van der Waals surface area contributed by atoms with Gasteiger partial charge in [0.05, 0.1) is 18.1 Å². The van der Waals surface area contributed by atoms with Crippen LogP contribution in [0, 0.1) is 6.92 Å². The lowest BCUT2D eigenvalue weighted by Gasteiger charge is -2.26. The van der Waals surface area contributed by atoms with Crippen molar-refractivity contribution in [1.29, 1.82) is 0 Å². The Hall–Kier alpha value is -1.20. The van der Waals surface area contributed by atoms with E-state index in [4.69, 9.17) is 4.74 Å². The molecule has 104 valence electrons. The molecule has 0 bridgehead atoms. The van der Waals surface area contributed by atoms with Crippen molar-refractivity contribution >= 4 is 23.0 Å². The Morgan fingerprint density at radius 3 is 2.63 bits per heavy atom. The largest absolute Gasteiger partial charge is 0.378 e. The van der Waals surface area contributed by atoms with Gasteiger partial charge in [0.2, 0.25) is 5.91 Å². The van der Waals surface area contributed by atoms with Gasteiger partial charge in [0, 0.05) is 30.8 Å². The minimum Gasteiger partial charge on any atom is -0.378 e. The Bertz CT molecular complexity index is 449. The van der Waals surface area contributed by atoms with E-state index in [1.165, 1.54) is 11.3 Å². The maximum atomic E-state index is 11.9. The zero-order valence-corrected chi connectivity index (χ0v) is 12.0. The van der Waals surface area contributed by atoms with Crippen molar-refractivity contribution in [2.24, 2.45) is 0 Å². The molecule has 0 saturated carbocycles. The van der Waals surface area contributed by atoms with Gasteiger partial charge in [-0.2, -0.15) is 0 Å². The summed E-state index contributed by atoms with van der Waals surface area (Å²) in [5, 5.41) is 0. The molecule has 0 radical (unpaired) electrons. The van der Waals surface area contributed by atoms with Crippen LogP contribution in [0.15, 0.2) is 12.1 Å². The Kier molecular flexibility index (Phi) is 5.10. The fourth-order valence-electron chi connectivity index (χ4n) is 2.08. The molecule has 4 nitrogen and oxygen atoms in total. The van der Waals surface area contributed by atoms with Gasteiger partial charge in [-0.1, -0.05) is 0 Å². The minimum absolute atomic E-state index is 0.137. The van der Waals surface area contributed by atoms with E-state index in [1.54, 1.807) is 0 Å². The topological polar surface area (TPSA) is 46.6 Å². The second-order valence-electron chi connectivity index (χ2n) is 4.68.